The van der Waals surface area contributed by atoms with Gasteiger partial charge >= 0.3 is 0 Å². The van der Waals surface area contributed by atoms with E-state index in [-0.39, 0.29) is 12.3 Å². The van der Waals surface area contributed by atoms with Crippen LogP contribution in [0, 0.1) is 0 Å². The predicted octanol–water partition coefficient (Wildman–Crippen LogP) is 2.69. The molecular formula is C13H15Cl2N3O2S. The van der Waals surface area contributed by atoms with E-state index in [2.05, 4.69) is 5.10 Å². The maximum Gasteiger partial charge on any atom is 0.218 e. The first kappa shape index (κ1) is 16.3. The highest BCUT2D eigenvalue weighted by atomic mass is 35.5. The summed E-state index contributed by atoms with van der Waals surface area (Å²) in [6, 6.07) is 4.93. The summed E-state index contributed by atoms with van der Waals surface area (Å²) in [6.45, 7) is 0.248. The Labute approximate surface area is 134 Å². The lowest BCUT2D eigenvalue weighted by Crippen LogP contribution is -2.27. The monoisotopic (exact) mass is 347 g/mol. The molecule has 0 bridgehead atoms. The first-order chi connectivity index (χ1) is 9.79. The average Bonchev–Trinajstić information content (AvgIpc) is 2.79. The summed E-state index contributed by atoms with van der Waals surface area (Å²) in [5.41, 5.74) is 1.23. The van der Waals surface area contributed by atoms with Gasteiger partial charge in [0.05, 0.1) is 11.9 Å². The Hall–Kier alpha value is -1.08. The molecule has 0 saturated heterocycles. The number of sulfonamides is 1. The van der Waals surface area contributed by atoms with Crippen LogP contribution >= 0.6 is 23.2 Å². The molecule has 21 heavy (non-hydrogen) atoms. The minimum Gasteiger partial charge on any atom is -0.275 e. The number of benzene rings is 1. The highest BCUT2D eigenvalue weighted by molar-refractivity contribution is 7.88. The normalized spacial score (nSPS) is 12.0. The zero-order valence-corrected chi connectivity index (χ0v) is 14.0. The molecule has 0 spiro atoms. The van der Waals surface area contributed by atoms with E-state index in [1.807, 2.05) is 0 Å². The Balaban J connectivity index is 2.18. The molecule has 0 radical (unpaired) electrons. The molecule has 0 unspecified atom stereocenters. The van der Waals surface area contributed by atoms with E-state index < -0.39 is 10.0 Å². The number of halogens is 2. The molecule has 1 aromatic heterocycles. The third-order valence-corrected chi connectivity index (χ3v) is 5.47. The lowest BCUT2D eigenvalue weighted by Gasteiger charge is -2.17. The third kappa shape index (κ3) is 3.97. The summed E-state index contributed by atoms with van der Waals surface area (Å²) in [5.74, 6) is -0.234. The summed E-state index contributed by atoms with van der Waals surface area (Å²) >= 11 is 12.0. The molecule has 0 fully saturated rings. The molecular weight excluding hydrogens is 333 g/mol. The van der Waals surface area contributed by atoms with Crippen molar-refractivity contribution in [3.63, 3.8) is 0 Å². The van der Waals surface area contributed by atoms with Gasteiger partial charge in [-0.05, 0) is 12.1 Å². The van der Waals surface area contributed by atoms with Crippen molar-refractivity contribution in [3.8, 4) is 0 Å². The van der Waals surface area contributed by atoms with E-state index in [4.69, 9.17) is 23.2 Å². The van der Waals surface area contributed by atoms with Crippen LogP contribution in [0.25, 0.3) is 0 Å². The van der Waals surface area contributed by atoms with Crippen molar-refractivity contribution in [3.05, 3.63) is 51.8 Å². The lowest BCUT2D eigenvalue weighted by molar-refractivity contribution is 0.466. The van der Waals surface area contributed by atoms with Crippen molar-refractivity contribution in [1.82, 2.24) is 14.1 Å². The van der Waals surface area contributed by atoms with Crippen LogP contribution in [0.5, 0.6) is 0 Å². The highest BCUT2D eigenvalue weighted by Crippen LogP contribution is 2.27. The first-order valence-corrected chi connectivity index (χ1v) is 8.50. The molecule has 0 amide bonds. The minimum atomic E-state index is -3.52. The molecule has 0 aliphatic carbocycles. The van der Waals surface area contributed by atoms with E-state index >= 15 is 0 Å². The topological polar surface area (TPSA) is 55.2 Å². The third-order valence-electron chi connectivity index (χ3n) is 3.03. The molecule has 0 saturated carbocycles. The van der Waals surface area contributed by atoms with Crippen molar-refractivity contribution in [2.45, 2.75) is 12.3 Å². The fraction of sp³-hybridized carbons (Fsp3) is 0.308. The van der Waals surface area contributed by atoms with Crippen LogP contribution < -0.4 is 0 Å². The minimum absolute atomic E-state index is 0.234. The quantitative estimate of drug-likeness (QED) is 0.835. The standard InChI is InChI=1S/C13H15Cl2N3O2S/c1-17-7-10(6-16-17)8-18(2)21(19,20)9-11-12(14)4-3-5-13(11)15/h3-7H,8-9H2,1-2H3. The molecule has 2 rings (SSSR count). The molecule has 0 aliphatic rings. The van der Waals surface area contributed by atoms with Crippen LogP contribution in [0.4, 0.5) is 0 Å². The van der Waals surface area contributed by atoms with Crippen LogP contribution in [0.2, 0.25) is 10.0 Å². The van der Waals surface area contributed by atoms with Gasteiger partial charge in [-0.15, -0.1) is 0 Å². The summed E-state index contributed by atoms with van der Waals surface area (Å²) in [6.07, 6.45) is 3.41. The predicted molar refractivity (Wildman–Crippen MR) is 83.8 cm³/mol. The zero-order chi connectivity index (χ0) is 15.6. The van der Waals surface area contributed by atoms with Crippen LogP contribution in [0.3, 0.4) is 0 Å². The molecule has 114 valence electrons. The Bertz CT molecular complexity index is 723. The summed E-state index contributed by atoms with van der Waals surface area (Å²) in [5, 5.41) is 4.71. The lowest BCUT2D eigenvalue weighted by atomic mass is 10.2. The van der Waals surface area contributed by atoms with E-state index in [1.54, 1.807) is 42.3 Å². The number of nitrogens with zero attached hydrogens (tertiary/aromatic N) is 3. The average molecular weight is 348 g/mol. The number of rotatable bonds is 5. The molecule has 1 heterocycles. The van der Waals surface area contributed by atoms with E-state index in [9.17, 15) is 8.42 Å². The Kier molecular flexibility index (Phi) is 4.93. The van der Waals surface area contributed by atoms with Gasteiger partial charge in [-0.25, -0.2) is 12.7 Å². The second-order valence-corrected chi connectivity index (χ2v) is 7.62. The molecule has 0 atom stereocenters. The smallest absolute Gasteiger partial charge is 0.218 e. The van der Waals surface area contributed by atoms with Crippen molar-refractivity contribution in [2.24, 2.45) is 7.05 Å². The number of aryl methyl sites for hydroxylation is 1. The van der Waals surface area contributed by atoms with Gasteiger partial charge in [0.15, 0.2) is 0 Å². The molecule has 2 aromatic rings. The van der Waals surface area contributed by atoms with Gasteiger partial charge in [0, 0.05) is 48.0 Å². The van der Waals surface area contributed by atoms with Crippen molar-refractivity contribution in [1.29, 1.82) is 0 Å². The van der Waals surface area contributed by atoms with E-state index in [1.165, 1.54) is 11.4 Å². The Morgan fingerprint density at radius 2 is 1.90 bits per heavy atom. The molecule has 0 aliphatic heterocycles. The maximum absolute atomic E-state index is 12.4. The van der Waals surface area contributed by atoms with Crippen LogP contribution in [-0.4, -0.2) is 29.6 Å². The number of hydrogen-bond acceptors (Lipinski definition) is 3. The zero-order valence-electron chi connectivity index (χ0n) is 11.6. The number of hydrogen-bond donors (Lipinski definition) is 0. The van der Waals surface area contributed by atoms with Gasteiger partial charge in [-0.3, -0.25) is 4.68 Å². The van der Waals surface area contributed by atoms with Crippen molar-refractivity contribution < 1.29 is 8.42 Å². The Morgan fingerprint density at radius 1 is 1.29 bits per heavy atom. The molecule has 1 aromatic carbocycles. The van der Waals surface area contributed by atoms with E-state index in [0.717, 1.165) is 5.56 Å². The van der Waals surface area contributed by atoms with Crippen LogP contribution in [-0.2, 0) is 29.4 Å². The fourth-order valence-electron chi connectivity index (χ4n) is 1.87. The molecule has 5 nitrogen and oxygen atoms in total. The van der Waals surface area contributed by atoms with Gasteiger partial charge in [0.2, 0.25) is 10.0 Å². The fourth-order valence-corrected chi connectivity index (χ4v) is 3.80. The summed E-state index contributed by atoms with van der Waals surface area (Å²) < 4.78 is 27.7. The van der Waals surface area contributed by atoms with Gasteiger partial charge in [0.1, 0.15) is 0 Å². The second-order valence-electron chi connectivity index (χ2n) is 4.73. The van der Waals surface area contributed by atoms with Crippen LogP contribution in [0.1, 0.15) is 11.1 Å². The largest absolute Gasteiger partial charge is 0.275 e. The first-order valence-electron chi connectivity index (χ1n) is 6.14. The van der Waals surface area contributed by atoms with E-state index in [0.29, 0.717) is 15.6 Å². The van der Waals surface area contributed by atoms with Gasteiger partial charge in [0.25, 0.3) is 0 Å². The molecule has 0 N–H and O–H groups in total. The van der Waals surface area contributed by atoms with Gasteiger partial charge in [-0.2, -0.15) is 5.10 Å². The maximum atomic E-state index is 12.4. The Morgan fingerprint density at radius 3 is 2.43 bits per heavy atom. The SMILES string of the molecule is CN(Cc1cnn(C)c1)S(=O)(=O)Cc1c(Cl)cccc1Cl. The van der Waals surface area contributed by atoms with Crippen LogP contribution in [0.15, 0.2) is 30.6 Å². The van der Waals surface area contributed by atoms with Gasteiger partial charge < -0.3 is 0 Å². The highest BCUT2D eigenvalue weighted by Gasteiger charge is 2.22. The molecule has 8 heteroatoms. The van der Waals surface area contributed by atoms with Crippen molar-refractivity contribution in [2.75, 3.05) is 7.05 Å². The summed E-state index contributed by atoms with van der Waals surface area (Å²) in [4.78, 5) is 0. The summed E-state index contributed by atoms with van der Waals surface area (Å²) in [7, 11) is -0.220. The van der Waals surface area contributed by atoms with Crippen molar-refractivity contribution >= 4 is 33.2 Å². The second kappa shape index (κ2) is 6.36. The number of aromatic nitrogens is 2. The van der Waals surface area contributed by atoms with Gasteiger partial charge in [-0.1, -0.05) is 29.3 Å².